The van der Waals surface area contributed by atoms with Gasteiger partial charge in [-0.15, -0.1) is 0 Å². The quantitative estimate of drug-likeness (QED) is 0.205. The molecule has 0 unspecified atom stereocenters. The van der Waals surface area contributed by atoms with Crippen LogP contribution in [0.4, 0.5) is 0 Å². The molecule has 0 amide bonds. The first-order valence-corrected chi connectivity index (χ1v) is 11.3. The van der Waals surface area contributed by atoms with Gasteiger partial charge in [-0.05, 0) is 41.5 Å². The molecule has 0 N–H and O–H groups in total. The van der Waals surface area contributed by atoms with E-state index in [0.717, 1.165) is 49.4 Å². The first kappa shape index (κ1) is 18.9. The van der Waals surface area contributed by atoms with Crippen molar-refractivity contribution >= 4 is 43.5 Å². The molecule has 5 aromatic carbocycles. The fourth-order valence-electron chi connectivity index (χ4n) is 5.09. The van der Waals surface area contributed by atoms with Crippen LogP contribution in [0.2, 0.25) is 0 Å². The van der Waals surface area contributed by atoms with Gasteiger partial charge in [-0.3, -0.25) is 0 Å². The van der Waals surface area contributed by atoms with Gasteiger partial charge in [-0.1, -0.05) is 84.9 Å². The fourth-order valence-corrected chi connectivity index (χ4v) is 5.09. The first-order chi connectivity index (χ1) is 16.8. The smallest absolute Gasteiger partial charge is 0.344 e. The van der Waals surface area contributed by atoms with Crippen LogP contribution in [0.25, 0.3) is 60.4 Å². The van der Waals surface area contributed by atoms with E-state index < -0.39 is 0 Å². The van der Waals surface area contributed by atoms with Gasteiger partial charge in [0.05, 0.1) is 16.4 Å². The minimum atomic E-state index is -0.322. The van der Waals surface area contributed by atoms with Crippen LogP contribution >= 0.6 is 0 Å². The number of aromatic nitrogens is 1. The van der Waals surface area contributed by atoms with Gasteiger partial charge < -0.3 is 8.98 Å². The Morgan fingerprint density at radius 3 is 2.03 bits per heavy atom. The van der Waals surface area contributed by atoms with Gasteiger partial charge >= 0.3 is 5.63 Å². The zero-order valence-corrected chi connectivity index (χ0v) is 18.2. The standard InChI is InChI=1S/C31H19NO2/c33-31-27-19-21(20-9-3-1-4-10-20)15-16-23(27)26-18-17-25-24-13-7-8-14-28(24)32(29(25)30(26)34-31)22-11-5-2-6-12-22/h1-19H. The van der Waals surface area contributed by atoms with E-state index in [1.807, 2.05) is 72.8 Å². The minimum Gasteiger partial charge on any atom is -0.420 e. The summed E-state index contributed by atoms with van der Waals surface area (Å²) in [7, 11) is 0. The Bertz CT molecular complexity index is 1910. The van der Waals surface area contributed by atoms with E-state index in [1.54, 1.807) is 0 Å². The first-order valence-electron chi connectivity index (χ1n) is 11.3. The summed E-state index contributed by atoms with van der Waals surface area (Å²) in [5.74, 6) is 0. The highest BCUT2D eigenvalue weighted by Gasteiger charge is 2.18. The predicted molar refractivity (Wildman–Crippen MR) is 140 cm³/mol. The van der Waals surface area contributed by atoms with Crippen molar-refractivity contribution in [3.05, 3.63) is 126 Å². The normalized spacial score (nSPS) is 11.6. The van der Waals surface area contributed by atoms with E-state index >= 15 is 0 Å². The van der Waals surface area contributed by atoms with Crippen LogP contribution in [-0.2, 0) is 0 Å². The van der Waals surface area contributed by atoms with Crippen LogP contribution in [0.5, 0.6) is 0 Å². The Hall–Kier alpha value is -4.63. The van der Waals surface area contributed by atoms with Gasteiger partial charge in [0.1, 0.15) is 0 Å². The van der Waals surface area contributed by atoms with Gasteiger partial charge in [0, 0.05) is 27.2 Å². The Morgan fingerprint density at radius 2 is 1.21 bits per heavy atom. The summed E-state index contributed by atoms with van der Waals surface area (Å²) in [6.45, 7) is 0. The molecule has 0 atom stereocenters. The van der Waals surface area contributed by atoms with Crippen molar-refractivity contribution in [3.8, 4) is 16.8 Å². The molecule has 2 heterocycles. The molecule has 0 aliphatic heterocycles. The molecule has 0 radical (unpaired) electrons. The van der Waals surface area contributed by atoms with Crippen LogP contribution in [0, 0.1) is 0 Å². The predicted octanol–water partition coefficient (Wildman–Crippen LogP) is 7.71. The fraction of sp³-hybridized carbons (Fsp3) is 0. The zero-order valence-electron chi connectivity index (χ0n) is 18.2. The Kier molecular flexibility index (Phi) is 4.00. The molecular formula is C31H19NO2. The molecule has 0 fully saturated rings. The van der Waals surface area contributed by atoms with Gasteiger partial charge in [0.25, 0.3) is 0 Å². The Morgan fingerprint density at radius 1 is 0.529 bits per heavy atom. The highest BCUT2D eigenvalue weighted by atomic mass is 16.4. The number of hydrogen-bond acceptors (Lipinski definition) is 2. The van der Waals surface area contributed by atoms with E-state index in [9.17, 15) is 4.79 Å². The largest absolute Gasteiger partial charge is 0.420 e. The number of para-hydroxylation sites is 2. The molecule has 0 bridgehead atoms. The molecule has 7 rings (SSSR count). The van der Waals surface area contributed by atoms with Crippen LogP contribution in [-0.4, -0.2) is 4.57 Å². The second-order valence-electron chi connectivity index (χ2n) is 8.54. The molecule has 0 aliphatic carbocycles. The lowest BCUT2D eigenvalue weighted by Gasteiger charge is -2.10. The molecule has 0 spiro atoms. The monoisotopic (exact) mass is 437 g/mol. The molecular weight excluding hydrogens is 418 g/mol. The third kappa shape index (κ3) is 2.67. The number of fused-ring (bicyclic) bond motifs is 7. The summed E-state index contributed by atoms with van der Waals surface area (Å²) < 4.78 is 8.29. The average Bonchev–Trinajstić information content (AvgIpc) is 3.25. The molecule has 0 saturated carbocycles. The van der Waals surface area contributed by atoms with Crippen molar-refractivity contribution in [1.82, 2.24) is 4.57 Å². The average molecular weight is 437 g/mol. The number of benzene rings is 5. The van der Waals surface area contributed by atoms with Crippen molar-refractivity contribution in [2.24, 2.45) is 0 Å². The van der Waals surface area contributed by atoms with E-state index in [4.69, 9.17) is 4.42 Å². The molecule has 0 saturated heterocycles. The van der Waals surface area contributed by atoms with Crippen molar-refractivity contribution in [1.29, 1.82) is 0 Å². The van der Waals surface area contributed by atoms with E-state index in [-0.39, 0.29) is 5.63 Å². The maximum absolute atomic E-state index is 13.3. The number of nitrogens with zero attached hydrogens (tertiary/aromatic N) is 1. The third-order valence-electron chi connectivity index (χ3n) is 6.64. The van der Waals surface area contributed by atoms with Crippen LogP contribution in [0.15, 0.2) is 124 Å². The summed E-state index contributed by atoms with van der Waals surface area (Å²) in [5, 5.41) is 4.62. The second-order valence-corrected chi connectivity index (χ2v) is 8.54. The topological polar surface area (TPSA) is 35.1 Å². The summed E-state index contributed by atoms with van der Waals surface area (Å²) in [6, 6.07) is 38.9. The second kappa shape index (κ2) is 7.19. The molecule has 7 aromatic rings. The van der Waals surface area contributed by atoms with Crippen LogP contribution in [0.3, 0.4) is 0 Å². The Balaban J connectivity index is 1.62. The van der Waals surface area contributed by atoms with Crippen LogP contribution < -0.4 is 5.63 Å². The summed E-state index contributed by atoms with van der Waals surface area (Å²) in [4.78, 5) is 13.3. The van der Waals surface area contributed by atoms with Gasteiger partial charge in [0.2, 0.25) is 0 Å². The van der Waals surface area contributed by atoms with E-state index in [2.05, 4.69) is 47.0 Å². The lowest BCUT2D eigenvalue weighted by atomic mass is 10.00. The molecule has 0 aliphatic rings. The van der Waals surface area contributed by atoms with Crippen molar-refractivity contribution < 1.29 is 4.42 Å². The van der Waals surface area contributed by atoms with Crippen molar-refractivity contribution in [3.63, 3.8) is 0 Å². The highest BCUT2D eigenvalue weighted by molar-refractivity contribution is 6.20. The molecule has 2 aromatic heterocycles. The number of rotatable bonds is 2. The molecule has 34 heavy (non-hydrogen) atoms. The van der Waals surface area contributed by atoms with Gasteiger partial charge in [0.15, 0.2) is 5.58 Å². The van der Waals surface area contributed by atoms with Crippen molar-refractivity contribution in [2.45, 2.75) is 0 Å². The lowest BCUT2D eigenvalue weighted by molar-refractivity contribution is 0.572. The highest BCUT2D eigenvalue weighted by Crippen LogP contribution is 2.38. The third-order valence-corrected chi connectivity index (χ3v) is 6.64. The van der Waals surface area contributed by atoms with Crippen LogP contribution in [0.1, 0.15) is 0 Å². The maximum atomic E-state index is 13.3. The zero-order chi connectivity index (χ0) is 22.6. The van der Waals surface area contributed by atoms with E-state index in [0.29, 0.717) is 11.0 Å². The number of hydrogen-bond donors (Lipinski definition) is 0. The molecule has 160 valence electrons. The Labute approximate surface area is 195 Å². The molecule has 3 heteroatoms. The summed E-state index contributed by atoms with van der Waals surface area (Å²) in [5.41, 5.74) is 5.39. The minimum absolute atomic E-state index is 0.322. The van der Waals surface area contributed by atoms with E-state index in [1.165, 1.54) is 0 Å². The SMILES string of the molecule is O=c1oc2c(ccc3c4ccccc4n(-c4ccccc4)c32)c2ccc(-c3ccccc3)cc12. The summed E-state index contributed by atoms with van der Waals surface area (Å²) in [6.07, 6.45) is 0. The van der Waals surface area contributed by atoms with Crippen molar-refractivity contribution in [2.75, 3.05) is 0 Å². The molecule has 3 nitrogen and oxygen atoms in total. The summed E-state index contributed by atoms with van der Waals surface area (Å²) >= 11 is 0. The van der Waals surface area contributed by atoms with Gasteiger partial charge in [-0.2, -0.15) is 0 Å². The van der Waals surface area contributed by atoms with Gasteiger partial charge in [-0.25, -0.2) is 4.79 Å². The maximum Gasteiger partial charge on any atom is 0.344 e. The lowest BCUT2D eigenvalue weighted by Crippen LogP contribution is -2.02.